The zero-order chi connectivity index (χ0) is 20.2. The van der Waals surface area contributed by atoms with Crippen molar-refractivity contribution in [3.8, 4) is 0 Å². The molecular formula is C23H23N3O3. The number of carbonyl (C=O) groups is 1. The van der Waals surface area contributed by atoms with Gasteiger partial charge in [0.25, 0.3) is 5.91 Å². The molecule has 0 saturated carbocycles. The predicted molar refractivity (Wildman–Crippen MR) is 111 cm³/mol. The molecule has 0 spiro atoms. The van der Waals surface area contributed by atoms with Gasteiger partial charge in [0.05, 0.1) is 6.61 Å². The average Bonchev–Trinajstić information content (AvgIpc) is 3.34. The Kier molecular flexibility index (Phi) is 5.44. The lowest BCUT2D eigenvalue weighted by atomic mass is 10.1. The SMILES string of the molecule is CCOCc1c(C(=O)NC(c2ccccc2)c2nccn2C)oc2ccccc12. The number of hydrogen-bond donors (Lipinski definition) is 1. The molecule has 29 heavy (non-hydrogen) atoms. The molecule has 0 aliphatic rings. The Labute approximate surface area is 169 Å². The average molecular weight is 389 g/mol. The summed E-state index contributed by atoms with van der Waals surface area (Å²) in [5.74, 6) is 0.717. The van der Waals surface area contributed by atoms with E-state index in [-0.39, 0.29) is 11.7 Å². The van der Waals surface area contributed by atoms with Crippen LogP contribution in [0, 0.1) is 0 Å². The summed E-state index contributed by atoms with van der Waals surface area (Å²) in [7, 11) is 1.91. The first kappa shape index (κ1) is 19.0. The number of imidazole rings is 1. The minimum absolute atomic E-state index is 0.273. The van der Waals surface area contributed by atoms with E-state index in [2.05, 4.69) is 10.3 Å². The van der Waals surface area contributed by atoms with Gasteiger partial charge < -0.3 is 19.0 Å². The fourth-order valence-electron chi connectivity index (χ4n) is 3.42. The van der Waals surface area contributed by atoms with Gasteiger partial charge in [0.2, 0.25) is 0 Å². The Morgan fingerprint density at radius 3 is 2.66 bits per heavy atom. The molecule has 6 heteroatoms. The van der Waals surface area contributed by atoms with Gasteiger partial charge in [-0.3, -0.25) is 4.79 Å². The minimum atomic E-state index is -0.406. The second-order valence-corrected chi connectivity index (χ2v) is 6.76. The predicted octanol–water partition coefficient (Wildman–Crippen LogP) is 4.22. The summed E-state index contributed by atoms with van der Waals surface area (Å²) in [5.41, 5.74) is 2.37. The fourth-order valence-corrected chi connectivity index (χ4v) is 3.42. The number of aryl methyl sites for hydroxylation is 1. The quantitative estimate of drug-likeness (QED) is 0.514. The van der Waals surface area contributed by atoms with E-state index in [1.54, 1.807) is 6.20 Å². The van der Waals surface area contributed by atoms with Gasteiger partial charge in [-0.15, -0.1) is 0 Å². The third-order valence-electron chi connectivity index (χ3n) is 4.88. The first-order valence-electron chi connectivity index (χ1n) is 9.60. The number of rotatable bonds is 7. The summed E-state index contributed by atoms with van der Waals surface area (Å²) < 4.78 is 13.4. The highest BCUT2D eigenvalue weighted by atomic mass is 16.5. The molecule has 4 aromatic rings. The van der Waals surface area contributed by atoms with E-state index in [9.17, 15) is 4.79 Å². The van der Waals surface area contributed by atoms with Crippen molar-refractivity contribution in [2.45, 2.75) is 19.6 Å². The zero-order valence-corrected chi connectivity index (χ0v) is 16.5. The lowest BCUT2D eigenvalue weighted by Gasteiger charge is -2.19. The molecule has 1 amide bonds. The zero-order valence-electron chi connectivity index (χ0n) is 16.5. The highest BCUT2D eigenvalue weighted by Crippen LogP contribution is 2.28. The number of nitrogens with one attached hydrogen (secondary N) is 1. The number of aromatic nitrogens is 2. The van der Waals surface area contributed by atoms with Crippen molar-refractivity contribution >= 4 is 16.9 Å². The molecule has 0 radical (unpaired) electrons. The van der Waals surface area contributed by atoms with E-state index in [1.165, 1.54) is 0 Å². The molecule has 1 unspecified atom stereocenters. The van der Waals surface area contributed by atoms with Gasteiger partial charge in [0.15, 0.2) is 5.76 Å². The third-order valence-corrected chi connectivity index (χ3v) is 4.88. The van der Waals surface area contributed by atoms with Gasteiger partial charge >= 0.3 is 0 Å². The summed E-state index contributed by atoms with van der Waals surface area (Å²) in [6.07, 6.45) is 3.58. The fraction of sp³-hybridized carbons (Fsp3) is 0.217. The molecule has 2 aromatic carbocycles. The van der Waals surface area contributed by atoms with Gasteiger partial charge in [0.1, 0.15) is 17.4 Å². The van der Waals surface area contributed by atoms with Crippen LogP contribution in [0.25, 0.3) is 11.0 Å². The largest absolute Gasteiger partial charge is 0.451 e. The number of fused-ring (bicyclic) bond motifs is 1. The van der Waals surface area contributed by atoms with Crippen molar-refractivity contribution in [1.82, 2.24) is 14.9 Å². The summed E-state index contributed by atoms with van der Waals surface area (Å²) in [6, 6.07) is 17.0. The standard InChI is InChI=1S/C23H23N3O3/c1-3-28-15-18-17-11-7-8-12-19(17)29-21(18)23(27)25-20(16-9-5-4-6-10-16)22-24-13-14-26(22)2/h4-14,20H,3,15H2,1-2H3,(H,25,27). The van der Waals surface area contributed by atoms with Crippen molar-refractivity contribution in [3.05, 3.63) is 89.7 Å². The topological polar surface area (TPSA) is 69.3 Å². The Bertz CT molecular complexity index is 1110. The number of para-hydroxylation sites is 1. The Morgan fingerprint density at radius 2 is 1.93 bits per heavy atom. The van der Waals surface area contributed by atoms with Crippen LogP contribution in [-0.2, 0) is 18.4 Å². The molecule has 1 atom stereocenters. The maximum Gasteiger partial charge on any atom is 0.288 e. The van der Waals surface area contributed by atoms with Gasteiger partial charge in [-0.25, -0.2) is 4.98 Å². The first-order valence-corrected chi connectivity index (χ1v) is 9.60. The van der Waals surface area contributed by atoms with Gasteiger partial charge in [-0.2, -0.15) is 0 Å². The van der Waals surface area contributed by atoms with Gasteiger partial charge in [0, 0.05) is 37.0 Å². The van der Waals surface area contributed by atoms with E-state index in [0.29, 0.717) is 18.8 Å². The van der Waals surface area contributed by atoms with Crippen LogP contribution in [0.4, 0.5) is 0 Å². The number of amides is 1. The third kappa shape index (κ3) is 3.79. The van der Waals surface area contributed by atoms with Crippen LogP contribution in [-0.4, -0.2) is 22.1 Å². The lowest BCUT2D eigenvalue weighted by Crippen LogP contribution is -2.31. The minimum Gasteiger partial charge on any atom is -0.451 e. The second kappa shape index (κ2) is 8.32. The summed E-state index contributed by atoms with van der Waals surface area (Å²) in [6.45, 7) is 2.80. The molecule has 2 heterocycles. The molecule has 0 aliphatic carbocycles. The lowest BCUT2D eigenvalue weighted by molar-refractivity contribution is 0.0902. The molecular weight excluding hydrogens is 366 g/mol. The van der Waals surface area contributed by atoms with Crippen molar-refractivity contribution in [1.29, 1.82) is 0 Å². The van der Waals surface area contributed by atoms with Gasteiger partial charge in [-0.05, 0) is 18.6 Å². The Morgan fingerprint density at radius 1 is 1.17 bits per heavy atom. The van der Waals surface area contributed by atoms with E-state index in [0.717, 1.165) is 22.3 Å². The van der Waals surface area contributed by atoms with Gasteiger partial charge in [-0.1, -0.05) is 48.5 Å². The molecule has 4 rings (SSSR count). The molecule has 0 fully saturated rings. The highest BCUT2D eigenvalue weighted by Gasteiger charge is 2.26. The molecule has 2 aromatic heterocycles. The van der Waals surface area contributed by atoms with E-state index >= 15 is 0 Å². The van der Waals surface area contributed by atoms with Crippen molar-refractivity contribution < 1.29 is 13.9 Å². The number of furan rings is 1. The summed E-state index contributed by atoms with van der Waals surface area (Å²) in [4.78, 5) is 17.7. The van der Waals surface area contributed by atoms with Crippen LogP contribution < -0.4 is 5.32 Å². The van der Waals surface area contributed by atoms with Crippen LogP contribution in [0.2, 0.25) is 0 Å². The van der Waals surface area contributed by atoms with Crippen LogP contribution in [0.5, 0.6) is 0 Å². The molecule has 0 aliphatic heterocycles. The van der Waals surface area contributed by atoms with Crippen molar-refractivity contribution in [3.63, 3.8) is 0 Å². The molecule has 1 N–H and O–H groups in total. The second-order valence-electron chi connectivity index (χ2n) is 6.76. The van der Waals surface area contributed by atoms with E-state index in [1.807, 2.05) is 79.3 Å². The van der Waals surface area contributed by atoms with Crippen LogP contribution in [0.15, 0.2) is 71.4 Å². The molecule has 6 nitrogen and oxygen atoms in total. The number of nitrogens with zero attached hydrogens (tertiary/aromatic N) is 2. The summed E-state index contributed by atoms with van der Waals surface area (Å²) >= 11 is 0. The van der Waals surface area contributed by atoms with Crippen molar-refractivity contribution in [2.24, 2.45) is 7.05 Å². The monoisotopic (exact) mass is 389 g/mol. The maximum absolute atomic E-state index is 13.3. The molecule has 148 valence electrons. The van der Waals surface area contributed by atoms with E-state index in [4.69, 9.17) is 9.15 Å². The Balaban J connectivity index is 1.72. The highest BCUT2D eigenvalue weighted by molar-refractivity contribution is 5.99. The number of carbonyl (C=O) groups excluding carboxylic acids is 1. The number of benzene rings is 2. The van der Waals surface area contributed by atoms with Crippen LogP contribution >= 0.6 is 0 Å². The number of hydrogen-bond acceptors (Lipinski definition) is 4. The summed E-state index contributed by atoms with van der Waals surface area (Å²) in [5, 5.41) is 3.99. The molecule has 0 bridgehead atoms. The smallest absolute Gasteiger partial charge is 0.288 e. The first-order chi connectivity index (χ1) is 14.2. The normalized spacial score (nSPS) is 12.2. The number of ether oxygens (including phenoxy) is 1. The Hall–Kier alpha value is -3.38. The van der Waals surface area contributed by atoms with Crippen LogP contribution in [0.3, 0.4) is 0 Å². The van der Waals surface area contributed by atoms with Crippen LogP contribution in [0.1, 0.15) is 40.5 Å². The molecule has 0 saturated heterocycles. The maximum atomic E-state index is 13.3. The van der Waals surface area contributed by atoms with E-state index < -0.39 is 6.04 Å². The van der Waals surface area contributed by atoms with Crippen molar-refractivity contribution in [2.75, 3.05) is 6.61 Å².